The van der Waals surface area contributed by atoms with Crippen molar-refractivity contribution in [2.75, 3.05) is 13.2 Å². The average Bonchev–Trinajstić information content (AvgIpc) is 3.01. The van der Waals surface area contributed by atoms with Gasteiger partial charge >= 0.3 is 0 Å². The van der Waals surface area contributed by atoms with E-state index >= 15 is 0 Å². The number of aliphatic hydroxyl groups excluding tert-OH is 1. The van der Waals surface area contributed by atoms with Crippen LogP contribution in [-0.4, -0.2) is 30.2 Å². The minimum atomic E-state index is -0.762. The van der Waals surface area contributed by atoms with E-state index in [-0.39, 0.29) is 6.04 Å². The first-order chi connectivity index (χ1) is 10.6. The van der Waals surface area contributed by atoms with Crippen LogP contribution in [0.2, 0.25) is 0 Å². The Morgan fingerprint density at radius 2 is 2.09 bits per heavy atom. The molecule has 0 saturated carbocycles. The highest BCUT2D eigenvalue weighted by molar-refractivity contribution is 7.10. The van der Waals surface area contributed by atoms with Crippen LogP contribution >= 0.6 is 11.3 Å². The summed E-state index contributed by atoms with van der Waals surface area (Å²) in [5, 5.41) is 15.1. The Morgan fingerprint density at radius 3 is 2.77 bits per heavy atom. The van der Waals surface area contributed by atoms with E-state index in [2.05, 4.69) is 5.32 Å². The molecule has 0 fully saturated rings. The molecule has 0 radical (unpaired) electrons. The number of hydrogen-bond acceptors (Lipinski definition) is 5. The van der Waals surface area contributed by atoms with Crippen LogP contribution in [0.5, 0.6) is 5.75 Å². The Kier molecular flexibility index (Phi) is 5.94. The molecule has 2 aromatic rings. The van der Waals surface area contributed by atoms with Gasteiger partial charge in [0.1, 0.15) is 18.5 Å². The summed E-state index contributed by atoms with van der Waals surface area (Å²) < 4.78 is 5.64. The number of thiophene rings is 1. The van der Waals surface area contributed by atoms with Crippen molar-refractivity contribution in [3.8, 4) is 5.75 Å². The quantitative estimate of drug-likeness (QED) is 0.694. The zero-order valence-corrected chi connectivity index (χ0v) is 13.2. The fourth-order valence-corrected chi connectivity index (χ4v) is 2.87. The first-order valence-electron chi connectivity index (χ1n) is 7.04. The van der Waals surface area contributed by atoms with Crippen LogP contribution in [0.15, 0.2) is 41.8 Å². The lowest BCUT2D eigenvalue weighted by atomic mass is 10.1. The lowest BCUT2D eigenvalue weighted by Crippen LogP contribution is -2.35. The predicted molar refractivity (Wildman–Crippen MR) is 87.2 cm³/mol. The fraction of sp³-hybridized carbons (Fsp3) is 0.312. The summed E-state index contributed by atoms with van der Waals surface area (Å²) in [5.74, 6) is 0.293. The van der Waals surface area contributed by atoms with Crippen molar-refractivity contribution in [1.29, 1.82) is 0 Å². The molecule has 0 aliphatic heterocycles. The van der Waals surface area contributed by atoms with Gasteiger partial charge in [-0.3, -0.25) is 4.79 Å². The van der Waals surface area contributed by atoms with Gasteiger partial charge in [-0.05, 0) is 30.5 Å². The molecule has 5 nitrogen and oxygen atoms in total. The molecular weight excluding hydrogens is 300 g/mol. The van der Waals surface area contributed by atoms with Crippen molar-refractivity contribution in [2.24, 2.45) is 5.73 Å². The number of nitrogens with two attached hydrogens (primary N) is 1. The molecule has 0 spiro atoms. The van der Waals surface area contributed by atoms with E-state index in [4.69, 9.17) is 10.5 Å². The average molecular weight is 320 g/mol. The van der Waals surface area contributed by atoms with E-state index in [0.717, 1.165) is 5.75 Å². The predicted octanol–water partition coefficient (Wildman–Crippen LogP) is 1.94. The molecule has 2 unspecified atom stereocenters. The van der Waals surface area contributed by atoms with Crippen molar-refractivity contribution < 1.29 is 14.6 Å². The van der Waals surface area contributed by atoms with Crippen molar-refractivity contribution in [1.82, 2.24) is 5.32 Å². The summed E-state index contributed by atoms with van der Waals surface area (Å²) in [6.45, 7) is 2.79. The van der Waals surface area contributed by atoms with Crippen LogP contribution < -0.4 is 15.8 Å². The number of rotatable bonds is 8. The second-order valence-corrected chi connectivity index (χ2v) is 5.96. The van der Waals surface area contributed by atoms with Crippen LogP contribution in [0.4, 0.5) is 0 Å². The summed E-state index contributed by atoms with van der Waals surface area (Å²) in [5.41, 5.74) is 5.66. The minimum Gasteiger partial charge on any atom is -0.492 e. The van der Waals surface area contributed by atoms with Gasteiger partial charge in [-0.25, -0.2) is 0 Å². The number of hydrogen-bond donors (Lipinski definition) is 3. The molecule has 4 N–H and O–H groups in total. The highest BCUT2D eigenvalue weighted by atomic mass is 32.1. The SMILES string of the molecule is CC(COc1ccccc1)NCC(O)c1sccc1C(N)=O. The molecule has 6 heteroatoms. The van der Waals surface area contributed by atoms with E-state index in [9.17, 15) is 9.90 Å². The summed E-state index contributed by atoms with van der Waals surface area (Å²) in [7, 11) is 0. The molecule has 2 atom stereocenters. The minimum absolute atomic E-state index is 0.0619. The lowest BCUT2D eigenvalue weighted by molar-refractivity contribution is 0.0993. The number of primary amides is 1. The number of amides is 1. The van der Waals surface area contributed by atoms with Crippen molar-refractivity contribution in [2.45, 2.75) is 19.1 Å². The van der Waals surface area contributed by atoms with Crippen molar-refractivity contribution in [3.05, 3.63) is 52.2 Å². The molecule has 0 saturated heterocycles. The summed E-state index contributed by atoms with van der Waals surface area (Å²) in [6, 6.07) is 11.2. The van der Waals surface area contributed by atoms with Crippen molar-refractivity contribution >= 4 is 17.2 Å². The Bertz CT molecular complexity index is 600. The van der Waals surface area contributed by atoms with Gasteiger partial charge in [-0.1, -0.05) is 18.2 Å². The number of nitrogens with one attached hydrogen (secondary N) is 1. The summed E-state index contributed by atoms with van der Waals surface area (Å²) in [4.78, 5) is 11.9. The number of benzene rings is 1. The zero-order chi connectivity index (χ0) is 15.9. The molecule has 2 rings (SSSR count). The molecular formula is C16H20N2O3S. The van der Waals surface area contributed by atoms with Gasteiger partial charge in [0.2, 0.25) is 5.91 Å². The molecule has 118 valence electrons. The maximum absolute atomic E-state index is 11.3. The Morgan fingerprint density at radius 1 is 1.36 bits per heavy atom. The fourth-order valence-electron chi connectivity index (χ4n) is 1.98. The number of para-hydroxylation sites is 1. The maximum atomic E-state index is 11.3. The van der Waals surface area contributed by atoms with Gasteiger partial charge in [0.25, 0.3) is 0 Å². The summed E-state index contributed by atoms with van der Waals surface area (Å²) >= 11 is 1.33. The maximum Gasteiger partial charge on any atom is 0.249 e. The largest absolute Gasteiger partial charge is 0.492 e. The smallest absolute Gasteiger partial charge is 0.249 e. The molecule has 0 aliphatic carbocycles. The summed E-state index contributed by atoms with van der Waals surface area (Å²) in [6.07, 6.45) is -0.762. The molecule has 1 heterocycles. The molecule has 0 bridgehead atoms. The second kappa shape index (κ2) is 7.93. The highest BCUT2D eigenvalue weighted by Crippen LogP contribution is 2.23. The van der Waals surface area contributed by atoms with Crippen LogP contribution in [-0.2, 0) is 0 Å². The second-order valence-electron chi connectivity index (χ2n) is 5.01. The number of aliphatic hydroxyl groups is 1. The first kappa shape index (κ1) is 16.5. The topological polar surface area (TPSA) is 84.6 Å². The van der Waals surface area contributed by atoms with E-state index in [1.54, 1.807) is 11.4 Å². The van der Waals surface area contributed by atoms with Crippen LogP contribution in [0.25, 0.3) is 0 Å². The standard InChI is InChI=1S/C16H20N2O3S/c1-11(10-21-12-5-3-2-4-6-12)18-9-14(19)15-13(16(17)20)7-8-22-15/h2-8,11,14,18-19H,9-10H2,1H3,(H2,17,20). The number of carbonyl (C=O) groups excluding carboxylic acids is 1. The normalized spacial score (nSPS) is 13.5. The Labute approximate surface area is 133 Å². The zero-order valence-electron chi connectivity index (χ0n) is 12.4. The van der Waals surface area contributed by atoms with Gasteiger partial charge in [0.05, 0.1) is 5.56 Å². The van der Waals surface area contributed by atoms with Gasteiger partial charge < -0.3 is 20.9 Å². The van der Waals surface area contributed by atoms with Gasteiger partial charge in [-0.2, -0.15) is 0 Å². The van der Waals surface area contributed by atoms with Crippen molar-refractivity contribution in [3.63, 3.8) is 0 Å². The van der Waals surface area contributed by atoms with Crippen LogP contribution in [0.1, 0.15) is 28.3 Å². The van der Waals surface area contributed by atoms with Crippen LogP contribution in [0, 0.1) is 0 Å². The Hall–Kier alpha value is -1.89. The first-order valence-corrected chi connectivity index (χ1v) is 7.92. The third-order valence-electron chi connectivity index (χ3n) is 3.17. The third kappa shape index (κ3) is 4.56. The highest BCUT2D eigenvalue weighted by Gasteiger charge is 2.18. The lowest BCUT2D eigenvalue weighted by Gasteiger charge is -2.17. The third-order valence-corrected chi connectivity index (χ3v) is 4.18. The Balaban J connectivity index is 1.79. The number of ether oxygens (including phenoxy) is 1. The molecule has 0 aliphatic rings. The van der Waals surface area contributed by atoms with E-state index in [1.807, 2.05) is 37.3 Å². The van der Waals surface area contributed by atoms with Gasteiger partial charge in [0.15, 0.2) is 0 Å². The van der Waals surface area contributed by atoms with E-state index in [1.165, 1.54) is 11.3 Å². The molecule has 1 aromatic heterocycles. The molecule has 1 amide bonds. The number of carbonyl (C=O) groups is 1. The van der Waals surface area contributed by atoms with E-state index < -0.39 is 12.0 Å². The van der Waals surface area contributed by atoms with Gasteiger partial charge in [0, 0.05) is 17.5 Å². The monoisotopic (exact) mass is 320 g/mol. The van der Waals surface area contributed by atoms with E-state index in [0.29, 0.717) is 23.6 Å². The molecule has 22 heavy (non-hydrogen) atoms. The van der Waals surface area contributed by atoms with Crippen LogP contribution in [0.3, 0.4) is 0 Å². The van der Waals surface area contributed by atoms with Gasteiger partial charge in [-0.15, -0.1) is 11.3 Å². The molecule has 1 aromatic carbocycles.